The predicted molar refractivity (Wildman–Crippen MR) is 121 cm³/mol. The Morgan fingerprint density at radius 2 is 1.68 bits per heavy atom. The summed E-state index contributed by atoms with van der Waals surface area (Å²) in [6, 6.07) is 5.74. The van der Waals surface area contributed by atoms with Crippen LogP contribution in [0.15, 0.2) is 40.2 Å². The van der Waals surface area contributed by atoms with Gasteiger partial charge in [0.15, 0.2) is 11.2 Å². The number of rotatable bonds is 7. The van der Waals surface area contributed by atoms with Crippen LogP contribution in [-0.4, -0.2) is 53.5 Å². The first kappa shape index (κ1) is 23.1. The minimum Gasteiger partial charge on any atom is -0.461 e. The number of carbonyl (C=O) groups is 3. The van der Waals surface area contributed by atoms with Gasteiger partial charge in [-0.1, -0.05) is 12.1 Å². The summed E-state index contributed by atoms with van der Waals surface area (Å²) in [5.41, 5.74) is 0.192. The zero-order valence-electron chi connectivity index (χ0n) is 19.3. The number of hydrogen-bond donors (Lipinski definition) is 0. The molecule has 3 aromatic rings. The molecular formula is C23H25N5O6. The lowest BCUT2D eigenvalue weighted by molar-refractivity contribution is -0.148. The van der Waals surface area contributed by atoms with E-state index in [1.54, 1.807) is 42.8 Å². The summed E-state index contributed by atoms with van der Waals surface area (Å²) in [7, 11) is 3.21. The number of aryl methyl sites for hydroxylation is 2. The molecule has 1 aromatic carbocycles. The van der Waals surface area contributed by atoms with Gasteiger partial charge in [0.05, 0.1) is 23.5 Å². The summed E-state index contributed by atoms with van der Waals surface area (Å²) in [6.07, 6.45) is 1.19. The van der Waals surface area contributed by atoms with Crippen molar-refractivity contribution < 1.29 is 19.1 Å². The monoisotopic (exact) mass is 467 g/mol. The van der Waals surface area contributed by atoms with Crippen LogP contribution < -0.4 is 11.2 Å². The summed E-state index contributed by atoms with van der Waals surface area (Å²) >= 11 is 0. The van der Waals surface area contributed by atoms with E-state index in [9.17, 15) is 24.0 Å². The Morgan fingerprint density at radius 1 is 1.06 bits per heavy atom. The van der Waals surface area contributed by atoms with Gasteiger partial charge in [-0.2, -0.15) is 0 Å². The second-order valence-electron chi connectivity index (χ2n) is 8.38. The van der Waals surface area contributed by atoms with Crippen LogP contribution in [0, 0.1) is 0 Å². The second kappa shape index (κ2) is 8.73. The van der Waals surface area contributed by atoms with Crippen molar-refractivity contribution in [3.63, 3.8) is 0 Å². The number of carbonyl (C=O) groups excluding carboxylic acids is 3. The van der Waals surface area contributed by atoms with Crippen LogP contribution in [0.2, 0.25) is 0 Å². The number of nitrogens with zero attached hydrogens (tertiary/aromatic N) is 5. The Morgan fingerprint density at radius 3 is 2.26 bits per heavy atom. The van der Waals surface area contributed by atoms with E-state index in [1.165, 1.54) is 24.9 Å². The lowest BCUT2D eigenvalue weighted by Crippen LogP contribution is -2.47. The van der Waals surface area contributed by atoms with E-state index in [0.717, 1.165) is 9.47 Å². The fourth-order valence-electron chi connectivity index (χ4n) is 4.48. The molecule has 4 rings (SSSR count). The number of imide groups is 1. The fraction of sp³-hybridized carbons (Fsp3) is 0.391. The molecular weight excluding hydrogens is 442 g/mol. The van der Waals surface area contributed by atoms with Crippen molar-refractivity contribution in [3.8, 4) is 0 Å². The van der Waals surface area contributed by atoms with Crippen LogP contribution in [0.25, 0.3) is 11.2 Å². The zero-order chi connectivity index (χ0) is 24.7. The van der Waals surface area contributed by atoms with Crippen molar-refractivity contribution in [2.45, 2.75) is 45.4 Å². The van der Waals surface area contributed by atoms with Gasteiger partial charge < -0.3 is 9.30 Å². The normalized spacial score (nSPS) is 15.0. The Labute approximate surface area is 194 Å². The number of hydrogen-bond acceptors (Lipinski definition) is 7. The largest absolute Gasteiger partial charge is 0.461 e. The number of fused-ring (bicyclic) bond motifs is 2. The third-order valence-electron chi connectivity index (χ3n) is 6.13. The first-order valence-electron chi connectivity index (χ1n) is 10.9. The Hall–Kier alpha value is -4.02. The quantitative estimate of drug-likeness (QED) is 0.372. The summed E-state index contributed by atoms with van der Waals surface area (Å²) < 4.78 is 9.29. The predicted octanol–water partition coefficient (Wildman–Crippen LogP) is 0.830. The van der Waals surface area contributed by atoms with E-state index in [1.807, 2.05) is 0 Å². The summed E-state index contributed by atoms with van der Waals surface area (Å²) in [5.74, 6) is -1.47. The van der Waals surface area contributed by atoms with Gasteiger partial charge in [0.2, 0.25) is 0 Å². The highest BCUT2D eigenvalue weighted by molar-refractivity contribution is 6.21. The highest BCUT2D eigenvalue weighted by Crippen LogP contribution is 2.28. The van der Waals surface area contributed by atoms with Gasteiger partial charge in [0.25, 0.3) is 17.4 Å². The molecule has 0 spiro atoms. The van der Waals surface area contributed by atoms with Crippen LogP contribution in [0.4, 0.5) is 0 Å². The Kier molecular flexibility index (Phi) is 5.94. The minimum atomic E-state index is -0.779. The number of amides is 2. The number of imidazole rings is 1. The molecule has 0 N–H and O–H groups in total. The van der Waals surface area contributed by atoms with Gasteiger partial charge in [0.1, 0.15) is 6.10 Å². The van der Waals surface area contributed by atoms with Gasteiger partial charge in [-0.15, -0.1) is 0 Å². The molecule has 2 aromatic heterocycles. The second-order valence-corrected chi connectivity index (χ2v) is 8.38. The van der Waals surface area contributed by atoms with E-state index < -0.39 is 41.2 Å². The number of esters is 1. The van der Waals surface area contributed by atoms with Gasteiger partial charge in [0, 0.05) is 27.6 Å². The maximum absolute atomic E-state index is 13.0. The lowest BCUT2D eigenvalue weighted by Gasteiger charge is -2.31. The molecule has 0 fully saturated rings. The van der Waals surface area contributed by atoms with E-state index in [-0.39, 0.29) is 19.4 Å². The van der Waals surface area contributed by atoms with Crippen molar-refractivity contribution >= 4 is 28.9 Å². The molecule has 2 atom stereocenters. The topological polar surface area (TPSA) is 126 Å². The van der Waals surface area contributed by atoms with Crippen molar-refractivity contribution in [2.75, 3.05) is 0 Å². The first-order chi connectivity index (χ1) is 16.1. The molecule has 11 heteroatoms. The van der Waals surface area contributed by atoms with Gasteiger partial charge in [-0.05, 0) is 31.9 Å². The maximum atomic E-state index is 13.0. The van der Waals surface area contributed by atoms with Crippen LogP contribution in [0.5, 0.6) is 0 Å². The minimum absolute atomic E-state index is 0.0547. The van der Waals surface area contributed by atoms with Gasteiger partial charge in [-0.3, -0.25) is 33.2 Å². The molecule has 0 bridgehead atoms. The molecule has 178 valence electrons. The summed E-state index contributed by atoms with van der Waals surface area (Å²) in [4.78, 5) is 68.6. The Bertz CT molecular complexity index is 1400. The standard InChI is InChI=1S/C23H25N5O6/c1-13(34-14(2)29)17(28-20(30)15-8-5-6-9-16(15)21(28)31)10-7-11-27-22(32)18-19(24-12-25(18)3)26(4)23(27)33/h5-6,8-9,12-13,17H,7,10-11H2,1-4H3/t13-,17?/m1/s1. The molecule has 0 saturated carbocycles. The highest BCUT2D eigenvalue weighted by atomic mass is 16.5. The summed E-state index contributed by atoms with van der Waals surface area (Å²) in [5, 5.41) is 0. The zero-order valence-corrected chi connectivity index (χ0v) is 19.3. The average molecular weight is 467 g/mol. The summed E-state index contributed by atoms with van der Waals surface area (Å²) in [6.45, 7) is 2.92. The molecule has 3 heterocycles. The van der Waals surface area contributed by atoms with E-state index >= 15 is 0 Å². The lowest BCUT2D eigenvalue weighted by atomic mass is 10.0. The van der Waals surface area contributed by atoms with Crippen molar-refractivity contribution in [1.82, 2.24) is 23.6 Å². The molecule has 1 unspecified atom stereocenters. The van der Waals surface area contributed by atoms with Gasteiger partial charge in [-0.25, -0.2) is 9.78 Å². The van der Waals surface area contributed by atoms with Gasteiger partial charge >= 0.3 is 11.7 Å². The molecule has 2 amide bonds. The van der Waals surface area contributed by atoms with Crippen LogP contribution >= 0.6 is 0 Å². The van der Waals surface area contributed by atoms with E-state index in [2.05, 4.69) is 4.98 Å². The third-order valence-corrected chi connectivity index (χ3v) is 6.13. The molecule has 34 heavy (non-hydrogen) atoms. The number of aromatic nitrogens is 4. The van der Waals surface area contributed by atoms with E-state index in [4.69, 9.17) is 4.74 Å². The smallest absolute Gasteiger partial charge is 0.332 e. The maximum Gasteiger partial charge on any atom is 0.332 e. The average Bonchev–Trinajstić information content (AvgIpc) is 3.30. The SMILES string of the molecule is CC(=O)O[C@H](C)C(CCCn1c(=O)c2c(ncn2C)n(C)c1=O)N1C(=O)c2ccccc2C1=O. The van der Waals surface area contributed by atoms with Crippen molar-refractivity contribution in [1.29, 1.82) is 0 Å². The molecule has 1 aliphatic rings. The number of ether oxygens (including phenoxy) is 1. The highest BCUT2D eigenvalue weighted by Gasteiger charge is 2.42. The van der Waals surface area contributed by atoms with Crippen LogP contribution in [0.3, 0.4) is 0 Å². The molecule has 11 nitrogen and oxygen atoms in total. The Balaban J connectivity index is 1.62. The van der Waals surface area contributed by atoms with Crippen LogP contribution in [0.1, 0.15) is 47.4 Å². The first-order valence-corrected chi connectivity index (χ1v) is 10.9. The van der Waals surface area contributed by atoms with Crippen molar-refractivity contribution in [3.05, 3.63) is 62.6 Å². The number of benzene rings is 1. The molecule has 0 saturated heterocycles. The van der Waals surface area contributed by atoms with Crippen molar-refractivity contribution in [2.24, 2.45) is 14.1 Å². The van der Waals surface area contributed by atoms with E-state index in [0.29, 0.717) is 22.3 Å². The molecule has 1 aliphatic heterocycles. The third kappa shape index (κ3) is 3.72. The molecule has 0 radical (unpaired) electrons. The fourth-order valence-corrected chi connectivity index (χ4v) is 4.48. The molecule has 0 aliphatic carbocycles. The van der Waals surface area contributed by atoms with Crippen LogP contribution in [-0.2, 0) is 30.2 Å².